The lowest BCUT2D eigenvalue weighted by atomic mass is 9.77. The summed E-state index contributed by atoms with van der Waals surface area (Å²) in [5.41, 5.74) is 0.489. The van der Waals surface area contributed by atoms with E-state index in [2.05, 4.69) is 37.9 Å². The molecule has 1 N–H and O–H groups in total. The first kappa shape index (κ1) is 17.3. The third-order valence-corrected chi connectivity index (χ3v) is 5.84. The van der Waals surface area contributed by atoms with E-state index in [1.165, 1.54) is 71.0 Å². The monoisotopic (exact) mass is 294 g/mol. The zero-order valence-corrected chi connectivity index (χ0v) is 15.0. The molecule has 0 radical (unpaired) electrons. The van der Waals surface area contributed by atoms with Crippen LogP contribution in [0, 0.1) is 11.3 Å². The molecule has 2 heteroatoms. The van der Waals surface area contributed by atoms with Crippen molar-refractivity contribution in [1.29, 1.82) is 0 Å². The molecule has 2 aliphatic rings. The molecule has 124 valence electrons. The molecule has 2 fully saturated rings. The number of nitrogens with one attached hydrogen (secondary N) is 1. The molecule has 1 heterocycles. The van der Waals surface area contributed by atoms with Crippen molar-refractivity contribution >= 4 is 0 Å². The van der Waals surface area contributed by atoms with Crippen molar-refractivity contribution in [3.05, 3.63) is 0 Å². The van der Waals surface area contributed by atoms with Crippen LogP contribution < -0.4 is 5.32 Å². The largest absolute Gasteiger partial charge is 0.312 e. The van der Waals surface area contributed by atoms with Gasteiger partial charge in [-0.05, 0) is 69.5 Å². The minimum Gasteiger partial charge on any atom is -0.312 e. The quantitative estimate of drug-likeness (QED) is 0.824. The predicted octanol–water partition coefficient (Wildman–Crippen LogP) is 4.45. The van der Waals surface area contributed by atoms with Gasteiger partial charge in [0.2, 0.25) is 0 Å². The molecule has 0 bridgehead atoms. The zero-order chi connectivity index (χ0) is 15.3. The summed E-state index contributed by atoms with van der Waals surface area (Å²) >= 11 is 0. The van der Waals surface area contributed by atoms with Gasteiger partial charge in [-0.1, -0.05) is 40.5 Å². The van der Waals surface area contributed by atoms with Gasteiger partial charge >= 0.3 is 0 Å². The summed E-state index contributed by atoms with van der Waals surface area (Å²) in [7, 11) is 0. The van der Waals surface area contributed by atoms with Gasteiger partial charge in [-0.15, -0.1) is 0 Å². The van der Waals surface area contributed by atoms with E-state index in [4.69, 9.17) is 0 Å². The fraction of sp³-hybridized carbons (Fsp3) is 1.00. The Morgan fingerprint density at radius 3 is 2.43 bits per heavy atom. The second-order valence-electron chi connectivity index (χ2n) is 8.44. The standard InChI is InChI=1S/C19H38N2/c1-5-13-20-17-10-6-7-11-18(17)21-14-8-9-16(12-15-21)19(2,3)4/h16-18,20H,5-15H2,1-4H3. The predicted molar refractivity (Wildman–Crippen MR) is 92.7 cm³/mol. The third-order valence-electron chi connectivity index (χ3n) is 5.84. The highest BCUT2D eigenvalue weighted by molar-refractivity contribution is 4.90. The Bertz CT molecular complexity index is 294. The molecule has 3 unspecified atom stereocenters. The van der Waals surface area contributed by atoms with Gasteiger partial charge in [0.15, 0.2) is 0 Å². The van der Waals surface area contributed by atoms with Crippen molar-refractivity contribution in [2.75, 3.05) is 19.6 Å². The number of hydrogen-bond acceptors (Lipinski definition) is 2. The topological polar surface area (TPSA) is 15.3 Å². The van der Waals surface area contributed by atoms with E-state index in [0.717, 1.165) is 18.0 Å². The molecule has 0 spiro atoms. The Labute approximate surface area is 133 Å². The lowest BCUT2D eigenvalue weighted by Crippen LogP contribution is -2.52. The Kier molecular flexibility index (Phi) is 6.55. The normalized spacial score (nSPS) is 32.9. The summed E-state index contributed by atoms with van der Waals surface area (Å²) in [6, 6.07) is 1.56. The Morgan fingerprint density at radius 1 is 0.952 bits per heavy atom. The highest BCUT2D eigenvalue weighted by Crippen LogP contribution is 2.35. The van der Waals surface area contributed by atoms with E-state index < -0.39 is 0 Å². The minimum atomic E-state index is 0.489. The molecule has 1 aliphatic heterocycles. The van der Waals surface area contributed by atoms with Gasteiger partial charge in [0.25, 0.3) is 0 Å². The summed E-state index contributed by atoms with van der Waals surface area (Å²) in [6.45, 7) is 13.4. The van der Waals surface area contributed by atoms with Crippen LogP contribution in [0.25, 0.3) is 0 Å². The van der Waals surface area contributed by atoms with Crippen molar-refractivity contribution < 1.29 is 0 Å². The van der Waals surface area contributed by atoms with Crippen molar-refractivity contribution in [3.8, 4) is 0 Å². The molecular formula is C19H38N2. The van der Waals surface area contributed by atoms with Crippen LogP contribution in [0.5, 0.6) is 0 Å². The van der Waals surface area contributed by atoms with Crippen LogP contribution in [0.2, 0.25) is 0 Å². The minimum absolute atomic E-state index is 0.489. The van der Waals surface area contributed by atoms with Crippen molar-refractivity contribution in [3.63, 3.8) is 0 Å². The maximum atomic E-state index is 3.84. The average molecular weight is 295 g/mol. The van der Waals surface area contributed by atoms with Gasteiger partial charge in [-0.3, -0.25) is 4.90 Å². The van der Waals surface area contributed by atoms with Crippen molar-refractivity contribution in [2.45, 2.75) is 91.1 Å². The highest BCUT2D eigenvalue weighted by Gasteiger charge is 2.33. The molecule has 3 atom stereocenters. The zero-order valence-electron chi connectivity index (χ0n) is 15.0. The average Bonchev–Trinajstić information content (AvgIpc) is 2.71. The van der Waals surface area contributed by atoms with Gasteiger partial charge in [-0.25, -0.2) is 0 Å². The molecule has 21 heavy (non-hydrogen) atoms. The fourth-order valence-electron chi connectivity index (χ4n) is 4.43. The summed E-state index contributed by atoms with van der Waals surface area (Å²) < 4.78 is 0. The van der Waals surface area contributed by atoms with Gasteiger partial charge in [0.05, 0.1) is 0 Å². The highest BCUT2D eigenvalue weighted by atomic mass is 15.2. The van der Waals surface area contributed by atoms with Crippen LogP contribution in [0.3, 0.4) is 0 Å². The molecule has 0 amide bonds. The molecule has 1 saturated carbocycles. The van der Waals surface area contributed by atoms with E-state index in [9.17, 15) is 0 Å². The lowest BCUT2D eigenvalue weighted by Gasteiger charge is -2.40. The second-order valence-corrected chi connectivity index (χ2v) is 8.44. The first-order chi connectivity index (χ1) is 10.0. The number of likely N-dealkylation sites (tertiary alicyclic amines) is 1. The molecule has 0 aromatic carbocycles. The maximum absolute atomic E-state index is 3.84. The van der Waals surface area contributed by atoms with Crippen LogP contribution >= 0.6 is 0 Å². The molecule has 1 aliphatic carbocycles. The fourth-order valence-corrected chi connectivity index (χ4v) is 4.43. The smallest absolute Gasteiger partial charge is 0.0249 e. The molecular weight excluding hydrogens is 256 g/mol. The van der Waals surface area contributed by atoms with Gasteiger partial charge in [0.1, 0.15) is 0 Å². The van der Waals surface area contributed by atoms with Crippen LogP contribution in [-0.4, -0.2) is 36.6 Å². The lowest BCUT2D eigenvalue weighted by molar-refractivity contribution is 0.120. The van der Waals surface area contributed by atoms with E-state index >= 15 is 0 Å². The Balaban J connectivity index is 1.93. The van der Waals surface area contributed by atoms with Gasteiger partial charge in [0, 0.05) is 12.1 Å². The summed E-state index contributed by atoms with van der Waals surface area (Å²) in [4.78, 5) is 2.85. The Hall–Kier alpha value is -0.0800. The number of nitrogens with zero attached hydrogens (tertiary/aromatic N) is 1. The summed E-state index contributed by atoms with van der Waals surface area (Å²) in [5.74, 6) is 0.910. The van der Waals surface area contributed by atoms with Crippen LogP contribution in [-0.2, 0) is 0 Å². The van der Waals surface area contributed by atoms with Crippen LogP contribution in [0.15, 0.2) is 0 Å². The summed E-state index contributed by atoms with van der Waals surface area (Å²) in [6.07, 6.45) is 11.2. The molecule has 2 nitrogen and oxygen atoms in total. The first-order valence-corrected chi connectivity index (χ1v) is 9.49. The van der Waals surface area contributed by atoms with E-state index in [1.807, 2.05) is 0 Å². The summed E-state index contributed by atoms with van der Waals surface area (Å²) in [5, 5.41) is 3.84. The third kappa shape index (κ3) is 4.96. The van der Waals surface area contributed by atoms with Crippen LogP contribution in [0.4, 0.5) is 0 Å². The second kappa shape index (κ2) is 7.97. The Morgan fingerprint density at radius 2 is 1.71 bits per heavy atom. The molecule has 2 rings (SSSR count). The van der Waals surface area contributed by atoms with Crippen molar-refractivity contribution in [1.82, 2.24) is 10.2 Å². The SMILES string of the molecule is CCCNC1CCCCC1N1CCCC(C(C)(C)C)CC1. The van der Waals surface area contributed by atoms with Crippen molar-refractivity contribution in [2.24, 2.45) is 11.3 Å². The maximum Gasteiger partial charge on any atom is 0.0249 e. The van der Waals surface area contributed by atoms with E-state index in [0.29, 0.717) is 5.41 Å². The molecule has 0 aromatic rings. The molecule has 1 saturated heterocycles. The number of hydrogen-bond donors (Lipinski definition) is 1. The number of rotatable bonds is 4. The van der Waals surface area contributed by atoms with E-state index in [1.54, 1.807) is 0 Å². The molecule has 0 aromatic heterocycles. The van der Waals surface area contributed by atoms with Gasteiger partial charge in [-0.2, -0.15) is 0 Å². The van der Waals surface area contributed by atoms with Gasteiger partial charge < -0.3 is 5.32 Å². The first-order valence-electron chi connectivity index (χ1n) is 9.49. The van der Waals surface area contributed by atoms with Crippen LogP contribution in [0.1, 0.15) is 79.1 Å². The van der Waals surface area contributed by atoms with E-state index in [-0.39, 0.29) is 0 Å².